The van der Waals surface area contributed by atoms with Gasteiger partial charge in [0.2, 0.25) is 0 Å². The second-order valence-corrected chi connectivity index (χ2v) is 5.77. The third-order valence-electron chi connectivity index (χ3n) is 3.31. The molecule has 20 heavy (non-hydrogen) atoms. The zero-order valence-electron chi connectivity index (χ0n) is 12.1. The fraction of sp³-hybridized carbons (Fsp3) is 0.400. The van der Waals surface area contributed by atoms with E-state index in [1.165, 1.54) is 16.9 Å². The summed E-state index contributed by atoms with van der Waals surface area (Å²) in [5, 5.41) is 0.965. The third kappa shape index (κ3) is 2.78. The van der Waals surface area contributed by atoms with Crippen LogP contribution in [0, 0.1) is 6.92 Å². The molecule has 2 N–H and O–H groups in total. The summed E-state index contributed by atoms with van der Waals surface area (Å²) in [7, 11) is 1.63. The van der Waals surface area contributed by atoms with Gasteiger partial charge in [-0.3, -0.25) is 4.79 Å². The van der Waals surface area contributed by atoms with Crippen molar-refractivity contribution >= 4 is 33.0 Å². The SMILES string of the molecule is CCN(CCOC)C(=O)c1sc2cc(C)ccc2c1N. The van der Waals surface area contributed by atoms with Gasteiger partial charge in [0.25, 0.3) is 5.91 Å². The Morgan fingerprint density at radius 3 is 2.85 bits per heavy atom. The van der Waals surface area contributed by atoms with Gasteiger partial charge in [0.15, 0.2) is 0 Å². The smallest absolute Gasteiger partial charge is 0.266 e. The summed E-state index contributed by atoms with van der Waals surface area (Å²) in [6.07, 6.45) is 0. The highest BCUT2D eigenvalue weighted by molar-refractivity contribution is 7.21. The van der Waals surface area contributed by atoms with E-state index < -0.39 is 0 Å². The number of ether oxygens (including phenoxy) is 1. The van der Waals surface area contributed by atoms with Crippen LogP contribution < -0.4 is 5.73 Å². The Balaban J connectivity index is 2.36. The average Bonchev–Trinajstić information content (AvgIpc) is 2.76. The summed E-state index contributed by atoms with van der Waals surface area (Å²) in [6.45, 7) is 5.76. The molecule has 4 nitrogen and oxygen atoms in total. The van der Waals surface area contributed by atoms with Crippen molar-refractivity contribution in [2.24, 2.45) is 0 Å². The lowest BCUT2D eigenvalue weighted by Gasteiger charge is -2.19. The van der Waals surface area contributed by atoms with E-state index in [1.807, 2.05) is 26.0 Å². The number of hydrogen-bond donors (Lipinski definition) is 1. The van der Waals surface area contributed by atoms with Crippen molar-refractivity contribution < 1.29 is 9.53 Å². The number of fused-ring (bicyclic) bond motifs is 1. The minimum absolute atomic E-state index is 0.0131. The number of anilines is 1. The van der Waals surface area contributed by atoms with Crippen molar-refractivity contribution in [3.63, 3.8) is 0 Å². The summed E-state index contributed by atoms with van der Waals surface area (Å²) >= 11 is 1.47. The van der Waals surface area contributed by atoms with Crippen LogP contribution in [-0.2, 0) is 4.74 Å². The number of rotatable bonds is 5. The first-order valence-electron chi connectivity index (χ1n) is 6.65. The lowest BCUT2D eigenvalue weighted by Crippen LogP contribution is -2.33. The Kier molecular flexibility index (Phi) is 4.62. The Bertz CT molecular complexity index is 622. The number of thiophene rings is 1. The summed E-state index contributed by atoms with van der Waals surface area (Å²) in [6, 6.07) is 6.07. The van der Waals surface area contributed by atoms with E-state index >= 15 is 0 Å². The normalized spacial score (nSPS) is 10.9. The van der Waals surface area contributed by atoms with Gasteiger partial charge in [0, 0.05) is 30.3 Å². The molecule has 1 aromatic heterocycles. The van der Waals surface area contributed by atoms with Gasteiger partial charge in [-0.15, -0.1) is 11.3 Å². The quantitative estimate of drug-likeness (QED) is 0.922. The molecule has 0 spiro atoms. The van der Waals surface area contributed by atoms with Gasteiger partial charge < -0.3 is 15.4 Å². The van der Waals surface area contributed by atoms with Gasteiger partial charge in [-0.2, -0.15) is 0 Å². The number of aryl methyl sites for hydroxylation is 1. The van der Waals surface area contributed by atoms with E-state index in [2.05, 4.69) is 6.07 Å². The number of nitrogens with two attached hydrogens (primary N) is 1. The number of likely N-dealkylation sites (N-methyl/N-ethyl adjacent to an activating group) is 1. The molecule has 0 fully saturated rings. The molecule has 0 unspecified atom stereocenters. The third-order valence-corrected chi connectivity index (χ3v) is 4.47. The molecule has 0 aliphatic rings. The monoisotopic (exact) mass is 292 g/mol. The lowest BCUT2D eigenvalue weighted by atomic mass is 10.1. The molecule has 0 aliphatic heterocycles. The zero-order valence-corrected chi connectivity index (χ0v) is 12.9. The predicted molar refractivity (Wildman–Crippen MR) is 84.4 cm³/mol. The highest BCUT2D eigenvalue weighted by atomic mass is 32.1. The molecule has 5 heteroatoms. The maximum absolute atomic E-state index is 12.6. The Labute approximate surface area is 123 Å². The summed E-state index contributed by atoms with van der Waals surface area (Å²) in [5.41, 5.74) is 7.90. The lowest BCUT2D eigenvalue weighted by molar-refractivity contribution is 0.0712. The maximum Gasteiger partial charge on any atom is 0.266 e. The van der Waals surface area contributed by atoms with Crippen LogP contribution in [0.5, 0.6) is 0 Å². The van der Waals surface area contributed by atoms with Crippen molar-refractivity contribution in [3.8, 4) is 0 Å². The molecule has 1 amide bonds. The van der Waals surface area contributed by atoms with Crippen molar-refractivity contribution in [3.05, 3.63) is 28.6 Å². The largest absolute Gasteiger partial charge is 0.397 e. The van der Waals surface area contributed by atoms with Crippen LogP contribution in [0.3, 0.4) is 0 Å². The van der Waals surface area contributed by atoms with Crippen LogP contribution in [0.25, 0.3) is 10.1 Å². The second kappa shape index (κ2) is 6.24. The van der Waals surface area contributed by atoms with E-state index in [4.69, 9.17) is 10.5 Å². The first kappa shape index (κ1) is 14.8. The number of amides is 1. The molecule has 0 atom stereocenters. The standard InChI is InChI=1S/C15H20N2O2S/c1-4-17(7-8-19-3)15(18)14-13(16)11-6-5-10(2)9-12(11)20-14/h5-6,9H,4,7-8,16H2,1-3H3. The fourth-order valence-corrected chi connectivity index (χ4v) is 3.32. The minimum atomic E-state index is -0.0131. The topological polar surface area (TPSA) is 55.6 Å². The highest BCUT2D eigenvalue weighted by Crippen LogP contribution is 2.34. The number of nitrogens with zero attached hydrogens (tertiary/aromatic N) is 1. The van der Waals surface area contributed by atoms with Crippen molar-refractivity contribution in [1.82, 2.24) is 4.90 Å². The Morgan fingerprint density at radius 2 is 2.20 bits per heavy atom. The van der Waals surface area contributed by atoms with Gasteiger partial charge >= 0.3 is 0 Å². The number of methoxy groups -OCH3 is 1. The molecule has 1 aromatic carbocycles. The van der Waals surface area contributed by atoms with Crippen LogP contribution in [0.4, 0.5) is 5.69 Å². The first-order valence-corrected chi connectivity index (χ1v) is 7.47. The summed E-state index contributed by atoms with van der Waals surface area (Å²) in [5.74, 6) is -0.0131. The van der Waals surface area contributed by atoms with Gasteiger partial charge in [0.1, 0.15) is 4.88 Å². The summed E-state index contributed by atoms with van der Waals surface area (Å²) < 4.78 is 6.11. The van der Waals surface area contributed by atoms with Gasteiger partial charge in [-0.1, -0.05) is 12.1 Å². The highest BCUT2D eigenvalue weighted by Gasteiger charge is 2.20. The molecule has 0 radical (unpaired) electrons. The Hall–Kier alpha value is -1.59. The predicted octanol–water partition coefficient (Wildman–Crippen LogP) is 2.90. The van der Waals surface area contributed by atoms with Crippen molar-refractivity contribution in [1.29, 1.82) is 0 Å². The van der Waals surface area contributed by atoms with Crippen LogP contribution in [-0.4, -0.2) is 37.6 Å². The molecule has 2 rings (SSSR count). The molecular weight excluding hydrogens is 272 g/mol. The maximum atomic E-state index is 12.6. The minimum Gasteiger partial charge on any atom is -0.397 e. The molecule has 0 bridgehead atoms. The fourth-order valence-electron chi connectivity index (χ4n) is 2.13. The van der Waals surface area contributed by atoms with E-state index in [1.54, 1.807) is 12.0 Å². The molecule has 0 saturated heterocycles. The van der Waals surface area contributed by atoms with E-state index in [0.717, 1.165) is 10.1 Å². The molecule has 1 heterocycles. The molecule has 2 aromatic rings. The first-order chi connectivity index (χ1) is 9.58. The zero-order chi connectivity index (χ0) is 14.7. The van der Waals surface area contributed by atoms with Crippen LogP contribution in [0.1, 0.15) is 22.2 Å². The van der Waals surface area contributed by atoms with Crippen LogP contribution in [0.15, 0.2) is 18.2 Å². The van der Waals surface area contributed by atoms with Gasteiger partial charge in [0.05, 0.1) is 12.3 Å². The Morgan fingerprint density at radius 1 is 1.45 bits per heavy atom. The van der Waals surface area contributed by atoms with E-state index in [-0.39, 0.29) is 5.91 Å². The van der Waals surface area contributed by atoms with Gasteiger partial charge in [-0.05, 0) is 25.5 Å². The van der Waals surface area contributed by atoms with Crippen LogP contribution in [0.2, 0.25) is 0 Å². The number of hydrogen-bond acceptors (Lipinski definition) is 4. The van der Waals surface area contributed by atoms with Crippen molar-refractivity contribution in [2.45, 2.75) is 13.8 Å². The molecule has 0 saturated carbocycles. The molecular formula is C15H20N2O2S. The van der Waals surface area contributed by atoms with Gasteiger partial charge in [-0.25, -0.2) is 0 Å². The number of benzene rings is 1. The number of carbonyl (C=O) groups excluding carboxylic acids is 1. The van der Waals surface area contributed by atoms with Crippen LogP contribution >= 0.6 is 11.3 Å². The summed E-state index contributed by atoms with van der Waals surface area (Å²) in [4.78, 5) is 14.9. The van der Waals surface area contributed by atoms with E-state index in [0.29, 0.717) is 30.3 Å². The number of carbonyl (C=O) groups is 1. The van der Waals surface area contributed by atoms with Crippen molar-refractivity contribution in [2.75, 3.05) is 32.5 Å². The molecule has 108 valence electrons. The molecule has 0 aliphatic carbocycles. The van der Waals surface area contributed by atoms with E-state index in [9.17, 15) is 4.79 Å². The second-order valence-electron chi connectivity index (χ2n) is 4.72. The number of nitrogen functional groups attached to an aromatic ring is 1. The average molecular weight is 292 g/mol.